The van der Waals surface area contributed by atoms with Crippen LogP contribution in [0.25, 0.3) is 0 Å². The minimum absolute atomic E-state index is 0.0425. The molecule has 0 aromatic rings. The zero-order chi connectivity index (χ0) is 15.6. The lowest BCUT2D eigenvalue weighted by molar-refractivity contribution is -0.145. The molecule has 1 atom stereocenters. The van der Waals surface area contributed by atoms with Crippen LogP contribution in [-0.4, -0.2) is 42.0 Å². The minimum atomic E-state index is -0.781. The van der Waals surface area contributed by atoms with Gasteiger partial charge >= 0.3 is 12.1 Å². The van der Waals surface area contributed by atoms with Crippen molar-refractivity contribution < 1.29 is 24.2 Å². The average Bonchev–Trinajstić information content (AvgIpc) is 2.32. The highest BCUT2D eigenvalue weighted by molar-refractivity contribution is 5.81. The molecule has 0 saturated heterocycles. The first-order chi connectivity index (χ1) is 9.30. The maximum Gasteiger partial charge on any atom is 0.408 e. The fourth-order valence-electron chi connectivity index (χ4n) is 1.40. The van der Waals surface area contributed by atoms with Gasteiger partial charge in [-0.15, -0.1) is 0 Å². The molecule has 0 aliphatic carbocycles. The van der Waals surface area contributed by atoms with Gasteiger partial charge in [0.15, 0.2) is 0 Å². The van der Waals surface area contributed by atoms with Gasteiger partial charge in [-0.05, 0) is 40.0 Å². The van der Waals surface area contributed by atoms with Crippen molar-refractivity contribution in [2.24, 2.45) is 0 Å². The van der Waals surface area contributed by atoms with Crippen molar-refractivity contribution >= 4 is 12.1 Å². The standard InChI is InChI=1S/C14H25NO5/c1-5-10-19-12(17)11(8-6-7-9-16)15-13(18)20-14(2,3)4/h5,11,16H,1,6-10H2,2-4H3,(H,15,18). The van der Waals surface area contributed by atoms with Crippen LogP contribution in [0.5, 0.6) is 0 Å². The fraction of sp³-hybridized carbons (Fsp3) is 0.714. The van der Waals surface area contributed by atoms with Gasteiger partial charge < -0.3 is 19.9 Å². The number of aliphatic hydroxyl groups is 1. The van der Waals surface area contributed by atoms with Crippen molar-refractivity contribution in [2.75, 3.05) is 13.2 Å². The monoisotopic (exact) mass is 287 g/mol. The number of rotatable bonds is 8. The van der Waals surface area contributed by atoms with Crippen LogP contribution in [0.15, 0.2) is 12.7 Å². The lowest BCUT2D eigenvalue weighted by Gasteiger charge is -2.22. The normalized spacial score (nSPS) is 12.4. The summed E-state index contributed by atoms with van der Waals surface area (Å²) in [5, 5.41) is 11.2. The highest BCUT2D eigenvalue weighted by Gasteiger charge is 2.24. The number of aliphatic hydroxyl groups excluding tert-OH is 1. The van der Waals surface area contributed by atoms with Crippen molar-refractivity contribution in [2.45, 2.75) is 51.7 Å². The third kappa shape index (κ3) is 9.38. The van der Waals surface area contributed by atoms with Gasteiger partial charge in [0.25, 0.3) is 0 Å². The van der Waals surface area contributed by atoms with Crippen LogP contribution in [0.2, 0.25) is 0 Å². The summed E-state index contributed by atoms with van der Waals surface area (Å²) in [7, 11) is 0. The van der Waals surface area contributed by atoms with Crippen LogP contribution in [0, 0.1) is 0 Å². The molecule has 20 heavy (non-hydrogen) atoms. The Morgan fingerprint density at radius 3 is 2.50 bits per heavy atom. The highest BCUT2D eigenvalue weighted by atomic mass is 16.6. The zero-order valence-corrected chi connectivity index (χ0v) is 12.5. The molecule has 0 heterocycles. The van der Waals surface area contributed by atoms with E-state index in [1.165, 1.54) is 6.08 Å². The van der Waals surface area contributed by atoms with E-state index in [0.717, 1.165) is 0 Å². The van der Waals surface area contributed by atoms with Crippen molar-refractivity contribution in [3.05, 3.63) is 12.7 Å². The summed E-state index contributed by atoms with van der Waals surface area (Å²) in [6, 6.07) is -0.781. The van der Waals surface area contributed by atoms with Gasteiger partial charge in [0.05, 0.1) is 0 Å². The molecule has 0 radical (unpaired) electrons. The SMILES string of the molecule is C=CCOC(=O)C(CCCCO)NC(=O)OC(C)(C)C. The molecule has 0 aromatic heterocycles. The number of nitrogens with one attached hydrogen (secondary N) is 1. The van der Waals surface area contributed by atoms with Gasteiger partial charge in [0.1, 0.15) is 18.2 Å². The molecule has 2 N–H and O–H groups in total. The largest absolute Gasteiger partial charge is 0.460 e. The van der Waals surface area contributed by atoms with Crippen LogP contribution >= 0.6 is 0 Å². The molecular formula is C14H25NO5. The molecular weight excluding hydrogens is 262 g/mol. The van der Waals surface area contributed by atoms with Gasteiger partial charge in [-0.25, -0.2) is 9.59 Å². The van der Waals surface area contributed by atoms with E-state index in [9.17, 15) is 9.59 Å². The number of amides is 1. The summed E-state index contributed by atoms with van der Waals surface area (Å²) in [6.07, 6.45) is 2.33. The van der Waals surface area contributed by atoms with E-state index >= 15 is 0 Å². The van der Waals surface area contributed by atoms with Crippen LogP contribution in [0.1, 0.15) is 40.0 Å². The van der Waals surface area contributed by atoms with E-state index in [-0.39, 0.29) is 13.2 Å². The van der Waals surface area contributed by atoms with Crippen LogP contribution in [0.4, 0.5) is 4.79 Å². The Bertz CT molecular complexity index is 322. The topological polar surface area (TPSA) is 84.9 Å². The number of hydrogen-bond donors (Lipinski definition) is 2. The maximum atomic E-state index is 11.8. The molecule has 0 bridgehead atoms. The van der Waals surface area contributed by atoms with Crippen molar-refractivity contribution in [3.8, 4) is 0 Å². The molecule has 6 heteroatoms. The highest BCUT2D eigenvalue weighted by Crippen LogP contribution is 2.09. The lowest BCUT2D eigenvalue weighted by Crippen LogP contribution is -2.44. The number of carbonyl (C=O) groups is 2. The summed E-state index contributed by atoms with van der Waals surface area (Å²) < 4.78 is 10.0. The van der Waals surface area contributed by atoms with Crippen LogP contribution in [0.3, 0.4) is 0 Å². The van der Waals surface area contributed by atoms with E-state index in [1.54, 1.807) is 20.8 Å². The molecule has 0 aliphatic rings. The van der Waals surface area contributed by atoms with Gasteiger partial charge in [-0.2, -0.15) is 0 Å². The van der Waals surface area contributed by atoms with E-state index in [2.05, 4.69) is 11.9 Å². The summed E-state index contributed by atoms with van der Waals surface area (Å²) in [4.78, 5) is 23.5. The van der Waals surface area contributed by atoms with Crippen molar-refractivity contribution in [3.63, 3.8) is 0 Å². The Balaban J connectivity index is 4.46. The van der Waals surface area contributed by atoms with E-state index < -0.39 is 23.7 Å². The first-order valence-corrected chi connectivity index (χ1v) is 6.68. The molecule has 0 saturated carbocycles. The van der Waals surface area contributed by atoms with Crippen molar-refractivity contribution in [1.29, 1.82) is 0 Å². The molecule has 1 amide bonds. The second kappa shape index (κ2) is 9.36. The first kappa shape index (κ1) is 18.4. The third-order valence-electron chi connectivity index (χ3n) is 2.22. The summed E-state index contributed by atoms with van der Waals surface area (Å²) >= 11 is 0. The molecule has 0 rings (SSSR count). The summed E-state index contributed by atoms with van der Waals surface area (Å²) in [5.74, 6) is -0.534. The second-order valence-electron chi connectivity index (χ2n) is 5.34. The molecule has 6 nitrogen and oxygen atoms in total. The Morgan fingerprint density at radius 1 is 1.35 bits per heavy atom. The number of ether oxygens (including phenoxy) is 2. The predicted octanol–water partition coefficient (Wildman–Crippen LogP) is 1.77. The first-order valence-electron chi connectivity index (χ1n) is 6.68. The Kier molecular flexibility index (Phi) is 8.63. The maximum absolute atomic E-state index is 11.8. The van der Waals surface area contributed by atoms with Gasteiger partial charge in [-0.1, -0.05) is 12.7 Å². The number of carbonyl (C=O) groups excluding carboxylic acids is 2. The predicted molar refractivity (Wildman–Crippen MR) is 75.3 cm³/mol. The molecule has 1 unspecified atom stereocenters. The minimum Gasteiger partial charge on any atom is -0.460 e. The molecule has 0 spiro atoms. The summed E-state index contributed by atoms with van der Waals surface area (Å²) in [5.41, 5.74) is -0.634. The molecule has 116 valence electrons. The number of hydrogen-bond acceptors (Lipinski definition) is 5. The smallest absolute Gasteiger partial charge is 0.408 e. The second-order valence-corrected chi connectivity index (χ2v) is 5.34. The Hall–Kier alpha value is -1.56. The lowest BCUT2D eigenvalue weighted by atomic mass is 10.1. The molecule has 0 aliphatic heterocycles. The van der Waals surface area contributed by atoms with Gasteiger partial charge in [0.2, 0.25) is 0 Å². The Morgan fingerprint density at radius 2 is 2.00 bits per heavy atom. The number of esters is 1. The van der Waals surface area contributed by atoms with E-state index in [4.69, 9.17) is 14.6 Å². The quantitative estimate of drug-likeness (QED) is 0.404. The average molecular weight is 287 g/mol. The van der Waals surface area contributed by atoms with Gasteiger partial charge in [-0.3, -0.25) is 0 Å². The fourth-order valence-corrected chi connectivity index (χ4v) is 1.40. The summed E-state index contributed by atoms with van der Waals surface area (Å²) in [6.45, 7) is 8.80. The van der Waals surface area contributed by atoms with Gasteiger partial charge in [0, 0.05) is 6.61 Å². The number of alkyl carbamates (subject to hydrolysis) is 1. The Labute approximate surface area is 120 Å². The van der Waals surface area contributed by atoms with Crippen LogP contribution in [-0.2, 0) is 14.3 Å². The van der Waals surface area contributed by atoms with E-state index in [0.29, 0.717) is 19.3 Å². The molecule has 0 aromatic carbocycles. The molecule has 0 fully saturated rings. The zero-order valence-electron chi connectivity index (χ0n) is 12.5. The number of unbranched alkanes of at least 4 members (excludes halogenated alkanes) is 1. The van der Waals surface area contributed by atoms with E-state index in [1.807, 2.05) is 0 Å². The van der Waals surface area contributed by atoms with Crippen molar-refractivity contribution in [1.82, 2.24) is 5.32 Å². The van der Waals surface area contributed by atoms with Crippen LogP contribution < -0.4 is 5.32 Å². The third-order valence-corrected chi connectivity index (χ3v) is 2.22.